The van der Waals surface area contributed by atoms with Crippen molar-refractivity contribution in [2.45, 2.75) is 25.7 Å². The normalized spacial score (nSPS) is 15.0. The minimum absolute atomic E-state index is 0.274. The molecule has 2 aliphatic carbocycles. The van der Waals surface area contributed by atoms with Crippen LogP contribution in [0.4, 0.5) is 0 Å². The molecule has 0 aromatic heterocycles. The van der Waals surface area contributed by atoms with Gasteiger partial charge in [-0.25, -0.2) is 0 Å². The Morgan fingerprint density at radius 3 is 2.76 bits per heavy atom. The fraction of sp³-hybridized carbons (Fsp3) is 0.174. The summed E-state index contributed by atoms with van der Waals surface area (Å²) < 4.78 is 0. The monoisotopic (exact) mass is 328 g/mol. The van der Waals surface area contributed by atoms with Gasteiger partial charge in [0.15, 0.2) is 0 Å². The smallest absolute Gasteiger partial charge is 0.120 e. The third-order valence-corrected chi connectivity index (χ3v) is 4.97. The molecular weight excluding hydrogens is 308 g/mol. The Morgan fingerprint density at radius 1 is 1.04 bits per heavy atom. The SMILES string of the molecule is O=CCCc1ccc(C2=CC(c3ccc4c(c3)C=CC4)=CC2)cc1O. The van der Waals surface area contributed by atoms with Crippen LogP contribution in [0.5, 0.6) is 5.75 Å². The Bertz CT molecular complexity index is 929. The van der Waals surface area contributed by atoms with Crippen LogP contribution in [0.2, 0.25) is 0 Å². The van der Waals surface area contributed by atoms with E-state index in [-0.39, 0.29) is 5.75 Å². The maximum Gasteiger partial charge on any atom is 0.120 e. The van der Waals surface area contributed by atoms with Crippen LogP contribution in [-0.4, -0.2) is 11.4 Å². The van der Waals surface area contributed by atoms with Crippen molar-refractivity contribution >= 4 is 23.5 Å². The lowest BCUT2D eigenvalue weighted by Gasteiger charge is -2.07. The summed E-state index contributed by atoms with van der Waals surface area (Å²) in [5, 5.41) is 10.2. The molecule has 0 spiro atoms. The van der Waals surface area contributed by atoms with Crippen LogP contribution in [0.3, 0.4) is 0 Å². The first kappa shape index (κ1) is 15.6. The molecule has 0 amide bonds. The van der Waals surface area contributed by atoms with Gasteiger partial charge in [0.2, 0.25) is 0 Å². The Hall–Kier alpha value is -2.87. The molecule has 0 radical (unpaired) electrons. The van der Waals surface area contributed by atoms with Crippen molar-refractivity contribution in [1.29, 1.82) is 0 Å². The van der Waals surface area contributed by atoms with Crippen molar-refractivity contribution in [2.75, 3.05) is 0 Å². The Kier molecular flexibility index (Phi) is 4.10. The molecule has 0 saturated carbocycles. The van der Waals surface area contributed by atoms with Crippen molar-refractivity contribution in [1.82, 2.24) is 0 Å². The number of allylic oxidation sites excluding steroid dienone is 5. The molecule has 0 saturated heterocycles. The molecule has 2 aromatic carbocycles. The molecule has 2 aromatic rings. The van der Waals surface area contributed by atoms with Crippen LogP contribution < -0.4 is 0 Å². The van der Waals surface area contributed by atoms with Crippen LogP contribution in [0, 0.1) is 0 Å². The molecular formula is C23H20O2. The van der Waals surface area contributed by atoms with E-state index in [0.29, 0.717) is 12.8 Å². The lowest BCUT2D eigenvalue weighted by molar-refractivity contribution is -0.107. The summed E-state index contributed by atoms with van der Waals surface area (Å²) in [5.41, 5.74) is 8.27. The zero-order valence-electron chi connectivity index (χ0n) is 14.0. The van der Waals surface area contributed by atoms with E-state index in [0.717, 1.165) is 30.3 Å². The number of aldehydes is 1. The number of phenols is 1. The van der Waals surface area contributed by atoms with Crippen LogP contribution >= 0.6 is 0 Å². The molecule has 0 heterocycles. The van der Waals surface area contributed by atoms with Crippen molar-refractivity contribution in [3.63, 3.8) is 0 Å². The molecule has 0 atom stereocenters. The summed E-state index contributed by atoms with van der Waals surface area (Å²) in [6, 6.07) is 12.4. The molecule has 0 unspecified atom stereocenters. The second-order valence-corrected chi connectivity index (χ2v) is 6.60. The molecule has 2 heteroatoms. The Balaban J connectivity index is 1.57. The molecule has 0 bridgehead atoms. The van der Waals surface area contributed by atoms with Crippen LogP contribution in [-0.2, 0) is 17.6 Å². The number of aryl methyl sites for hydroxylation is 1. The van der Waals surface area contributed by atoms with Crippen molar-refractivity contribution in [3.8, 4) is 5.75 Å². The largest absolute Gasteiger partial charge is 0.508 e. The standard InChI is InChI=1S/C23H20O2/c24-12-2-5-17-7-9-22(15-23(17)25)21-11-10-20(14-21)19-8-6-16-3-1-4-18(16)13-19/h1,4,6-10,12-15,25H,2-3,5,11H2. The number of hydrogen-bond acceptors (Lipinski definition) is 2. The highest BCUT2D eigenvalue weighted by atomic mass is 16.3. The average Bonchev–Trinajstić information content (AvgIpc) is 3.29. The first-order chi connectivity index (χ1) is 12.2. The van der Waals surface area contributed by atoms with Gasteiger partial charge in [-0.2, -0.15) is 0 Å². The van der Waals surface area contributed by atoms with Gasteiger partial charge in [-0.05, 0) is 70.4 Å². The first-order valence-electron chi connectivity index (χ1n) is 8.71. The molecule has 0 aliphatic heterocycles. The topological polar surface area (TPSA) is 37.3 Å². The number of fused-ring (bicyclic) bond motifs is 1. The van der Waals surface area contributed by atoms with E-state index >= 15 is 0 Å². The number of aromatic hydroxyl groups is 1. The lowest BCUT2D eigenvalue weighted by Crippen LogP contribution is -1.89. The van der Waals surface area contributed by atoms with Crippen LogP contribution in [0.25, 0.3) is 17.2 Å². The van der Waals surface area contributed by atoms with Crippen LogP contribution in [0.15, 0.2) is 54.6 Å². The zero-order valence-corrected chi connectivity index (χ0v) is 14.0. The van der Waals surface area contributed by atoms with Crippen molar-refractivity contribution in [3.05, 3.63) is 82.4 Å². The fourth-order valence-electron chi connectivity index (χ4n) is 3.55. The zero-order chi connectivity index (χ0) is 17.2. The molecule has 2 nitrogen and oxygen atoms in total. The van der Waals surface area contributed by atoms with E-state index < -0.39 is 0 Å². The summed E-state index contributed by atoms with van der Waals surface area (Å²) in [4.78, 5) is 10.5. The molecule has 2 aliphatic rings. The Morgan fingerprint density at radius 2 is 1.92 bits per heavy atom. The summed E-state index contributed by atoms with van der Waals surface area (Å²) in [7, 11) is 0. The van der Waals surface area contributed by atoms with Gasteiger partial charge in [0.05, 0.1) is 0 Å². The molecule has 1 N–H and O–H groups in total. The highest BCUT2D eigenvalue weighted by Gasteiger charge is 2.14. The summed E-state index contributed by atoms with van der Waals surface area (Å²) in [6.45, 7) is 0. The van der Waals surface area contributed by atoms with Crippen LogP contribution in [0.1, 0.15) is 40.7 Å². The highest BCUT2D eigenvalue weighted by Crippen LogP contribution is 2.35. The molecule has 0 fully saturated rings. The van der Waals surface area contributed by atoms with E-state index in [2.05, 4.69) is 42.5 Å². The predicted octanol–water partition coefficient (Wildman–Crippen LogP) is 4.96. The predicted molar refractivity (Wildman–Crippen MR) is 102 cm³/mol. The van der Waals surface area contributed by atoms with Gasteiger partial charge < -0.3 is 9.90 Å². The number of rotatable bonds is 5. The quantitative estimate of drug-likeness (QED) is 0.787. The van der Waals surface area contributed by atoms with E-state index in [9.17, 15) is 9.90 Å². The highest BCUT2D eigenvalue weighted by molar-refractivity contribution is 5.90. The Labute approximate surface area is 147 Å². The minimum atomic E-state index is 0.274. The van der Waals surface area contributed by atoms with E-state index in [4.69, 9.17) is 0 Å². The van der Waals surface area contributed by atoms with Gasteiger partial charge >= 0.3 is 0 Å². The first-order valence-corrected chi connectivity index (χ1v) is 8.71. The van der Waals surface area contributed by atoms with Gasteiger partial charge in [0, 0.05) is 6.42 Å². The summed E-state index contributed by atoms with van der Waals surface area (Å²) >= 11 is 0. The second kappa shape index (κ2) is 6.56. The molecule has 4 rings (SSSR count). The number of carbonyl (C=O) groups excluding carboxylic acids is 1. The van der Waals surface area contributed by atoms with Gasteiger partial charge in [-0.15, -0.1) is 0 Å². The maximum atomic E-state index is 10.5. The van der Waals surface area contributed by atoms with E-state index in [1.54, 1.807) is 0 Å². The van der Waals surface area contributed by atoms with Gasteiger partial charge in [0.1, 0.15) is 12.0 Å². The van der Waals surface area contributed by atoms with Crippen molar-refractivity contribution < 1.29 is 9.90 Å². The summed E-state index contributed by atoms with van der Waals surface area (Å²) in [5.74, 6) is 0.274. The average molecular weight is 328 g/mol. The number of carbonyl (C=O) groups is 1. The lowest BCUT2D eigenvalue weighted by atomic mass is 9.99. The summed E-state index contributed by atoms with van der Waals surface area (Å²) in [6.07, 6.45) is 12.7. The van der Waals surface area contributed by atoms with Gasteiger partial charge in [-0.1, -0.05) is 48.6 Å². The number of benzene rings is 2. The third-order valence-electron chi connectivity index (χ3n) is 4.97. The number of phenolic OH excluding ortho intramolecular Hbond substituents is 1. The maximum absolute atomic E-state index is 10.5. The molecule has 124 valence electrons. The third kappa shape index (κ3) is 3.08. The van der Waals surface area contributed by atoms with Gasteiger partial charge in [-0.3, -0.25) is 0 Å². The van der Waals surface area contributed by atoms with E-state index in [1.807, 2.05) is 18.2 Å². The second-order valence-electron chi connectivity index (χ2n) is 6.60. The van der Waals surface area contributed by atoms with Gasteiger partial charge in [0.25, 0.3) is 0 Å². The van der Waals surface area contributed by atoms with E-state index in [1.165, 1.54) is 27.8 Å². The fourth-order valence-corrected chi connectivity index (χ4v) is 3.55. The number of hydrogen-bond donors (Lipinski definition) is 1. The molecule has 25 heavy (non-hydrogen) atoms. The van der Waals surface area contributed by atoms with Crippen molar-refractivity contribution in [2.24, 2.45) is 0 Å². The minimum Gasteiger partial charge on any atom is -0.508 e.